The quantitative estimate of drug-likeness (QED) is 0.247. The number of sulfonamides is 1. The summed E-state index contributed by atoms with van der Waals surface area (Å²) in [5.41, 5.74) is 4.12. The predicted octanol–water partition coefficient (Wildman–Crippen LogP) is 4.91. The number of hydrogen-bond donors (Lipinski definition) is 3. The molecule has 0 bridgehead atoms. The van der Waals surface area contributed by atoms with E-state index in [1.54, 1.807) is 30.5 Å². The minimum atomic E-state index is -3.75. The lowest BCUT2D eigenvalue weighted by Gasteiger charge is -2.12. The van der Waals surface area contributed by atoms with Crippen LogP contribution in [0.5, 0.6) is 5.75 Å². The van der Waals surface area contributed by atoms with Gasteiger partial charge in [-0.15, -0.1) is 0 Å². The number of amides is 1. The predicted molar refractivity (Wildman–Crippen MR) is 147 cm³/mol. The van der Waals surface area contributed by atoms with Gasteiger partial charge in [-0.05, 0) is 85.6 Å². The molecule has 3 aromatic carbocycles. The molecule has 0 aliphatic rings. The molecule has 192 valence electrons. The topological polar surface area (TPSA) is 109 Å². The molecule has 10 heteroatoms. The lowest BCUT2D eigenvalue weighted by molar-refractivity contribution is -0.123. The molecular formula is C27H27ClN4O4S. The lowest BCUT2D eigenvalue weighted by Crippen LogP contribution is -2.32. The number of halogens is 1. The first kappa shape index (κ1) is 26.2. The van der Waals surface area contributed by atoms with Gasteiger partial charge in [-0.3, -0.25) is 14.5 Å². The Kier molecular flexibility index (Phi) is 8.15. The van der Waals surface area contributed by atoms with Gasteiger partial charge in [-0.2, -0.15) is 0 Å². The summed E-state index contributed by atoms with van der Waals surface area (Å²) in [7, 11) is -3.75. The molecule has 0 radical (unpaired) electrons. The Morgan fingerprint density at radius 2 is 1.68 bits per heavy atom. The van der Waals surface area contributed by atoms with Crippen LogP contribution in [0, 0.1) is 13.8 Å². The summed E-state index contributed by atoms with van der Waals surface area (Å²) in [6.45, 7) is 4.52. The van der Waals surface area contributed by atoms with Gasteiger partial charge >= 0.3 is 0 Å². The van der Waals surface area contributed by atoms with Crippen molar-refractivity contribution in [2.75, 3.05) is 29.7 Å². The maximum absolute atomic E-state index is 12.7. The standard InChI is InChI=1S/C27H27ClN4O4S/c1-18-13-19(2)15-21(14-18)32-37(34,35)23-6-4-22(5-7-23)36-17-27(33)31-12-11-30-25-9-10-29-26-16-20(28)3-8-24(25)26/h3-10,13-16,32H,11-12,17H2,1-2H3,(H,29,30)(H,31,33). The van der Waals surface area contributed by atoms with Crippen molar-refractivity contribution < 1.29 is 17.9 Å². The number of ether oxygens (including phenoxy) is 1. The van der Waals surface area contributed by atoms with Gasteiger partial charge < -0.3 is 15.4 Å². The van der Waals surface area contributed by atoms with E-state index in [4.69, 9.17) is 16.3 Å². The van der Waals surface area contributed by atoms with Gasteiger partial charge in [0.15, 0.2) is 6.61 Å². The molecule has 0 aliphatic heterocycles. The number of nitrogens with one attached hydrogen (secondary N) is 3. The number of hydrogen-bond acceptors (Lipinski definition) is 6. The van der Waals surface area contributed by atoms with Gasteiger partial charge in [0.1, 0.15) is 5.75 Å². The molecule has 0 saturated heterocycles. The monoisotopic (exact) mass is 538 g/mol. The third kappa shape index (κ3) is 7.12. The summed E-state index contributed by atoms with van der Waals surface area (Å²) in [5, 5.41) is 7.62. The van der Waals surface area contributed by atoms with Crippen LogP contribution in [0.2, 0.25) is 5.02 Å². The number of fused-ring (bicyclic) bond motifs is 1. The second-order valence-corrected chi connectivity index (χ2v) is 10.7. The van der Waals surface area contributed by atoms with Crippen LogP contribution in [0.3, 0.4) is 0 Å². The largest absolute Gasteiger partial charge is 0.484 e. The van der Waals surface area contributed by atoms with Crippen LogP contribution in [0.15, 0.2) is 77.8 Å². The normalized spacial score (nSPS) is 11.2. The highest BCUT2D eigenvalue weighted by atomic mass is 35.5. The van der Waals surface area contributed by atoms with Crippen LogP contribution in [0.1, 0.15) is 11.1 Å². The summed E-state index contributed by atoms with van der Waals surface area (Å²) >= 11 is 6.02. The molecule has 0 saturated carbocycles. The fourth-order valence-electron chi connectivity index (χ4n) is 3.84. The van der Waals surface area contributed by atoms with E-state index >= 15 is 0 Å². The van der Waals surface area contributed by atoms with Gasteiger partial charge in [-0.25, -0.2) is 8.42 Å². The minimum Gasteiger partial charge on any atom is -0.484 e. The summed E-state index contributed by atoms with van der Waals surface area (Å²) in [6, 6.07) is 18.8. The SMILES string of the molecule is Cc1cc(C)cc(NS(=O)(=O)c2ccc(OCC(=O)NCCNc3ccnc4cc(Cl)ccc34)cc2)c1. The third-order valence-corrected chi connectivity index (χ3v) is 7.08. The number of carbonyl (C=O) groups excluding carboxylic acids is 1. The van der Waals surface area contributed by atoms with Crippen molar-refractivity contribution in [1.82, 2.24) is 10.3 Å². The van der Waals surface area contributed by atoms with E-state index in [9.17, 15) is 13.2 Å². The number of aryl methyl sites for hydroxylation is 2. The lowest BCUT2D eigenvalue weighted by atomic mass is 10.1. The first-order valence-electron chi connectivity index (χ1n) is 11.6. The molecule has 8 nitrogen and oxygen atoms in total. The Hall–Kier alpha value is -3.82. The van der Waals surface area contributed by atoms with Crippen LogP contribution in [0.25, 0.3) is 10.9 Å². The molecule has 1 heterocycles. The van der Waals surface area contributed by atoms with Crippen molar-refractivity contribution >= 4 is 49.8 Å². The van der Waals surface area contributed by atoms with Crippen LogP contribution in [-0.2, 0) is 14.8 Å². The second kappa shape index (κ2) is 11.5. The van der Waals surface area contributed by atoms with Gasteiger partial charge in [0, 0.05) is 41.1 Å². The highest BCUT2D eigenvalue weighted by Gasteiger charge is 2.15. The average molecular weight is 539 g/mol. The Bertz CT molecular complexity index is 1510. The van der Waals surface area contributed by atoms with Gasteiger partial charge in [0.25, 0.3) is 15.9 Å². The summed E-state index contributed by atoms with van der Waals surface area (Å²) in [6.07, 6.45) is 1.70. The number of pyridine rings is 1. The van der Waals surface area contributed by atoms with Crippen molar-refractivity contribution in [3.8, 4) is 5.75 Å². The molecule has 1 aromatic heterocycles. The van der Waals surface area contributed by atoms with Crippen molar-refractivity contribution in [2.45, 2.75) is 18.7 Å². The number of nitrogens with zero attached hydrogens (tertiary/aromatic N) is 1. The molecule has 1 amide bonds. The molecule has 4 rings (SSSR count). The van der Waals surface area contributed by atoms with Gasteiger partial charge in [-0.1, -0.05) is 17.7 Å². The van der Waals surface area contributed by atoms with E-state index in [1.807, 2.05) is 32.0 Å². The summed E-state index contributed by atoms with van der Waals surface area (Å²) < 4.78 is 33.5. The van der Waals surface area contributed by atoms with Crippen LogP contribution < -0.4 is 20.1 Å². The van der Waals surface area contributed by atoms with Crippen molar-refractivity contribution in [2.24, 2.45) is 0 Å². The smallest absolute Gasteiger partial charge is 0.261 e. The van der Waals surface area contributed by atoms with Crippen molar-refractivity contribution in [1.29, 1.82) is 0 Å². The summed E-state index contributed by atoms with van der Waals surface area (Å²) in [5.74, 6) is 0.0990. The molecular weight excluding hydrogens is 512 g/mol. The maximum atomic E-state index is 12.7. The Morgan fingerprint density at radius 3 is 2.41 bits per heavy atom. The van der Waals surface area contributed by atoms with E-state index in [1.165, 1.54) is 24.3 Å². The first-order valence-corrected chi connectivity index (χ1v) is 13.4. The molecule has 3 N–H and O–H groups in total. The van der Waals surface area contributed by atoms with E-state index in [2.05, 4.69) is 20.3 Å². The van der Waals surface area contributed by atoms with E-state index in [0.29, 0.717) is 29.5 Å². The van der Waals surface area contributed by atoms with Crippen molar-refractivity contribution in [3.05, 3.63) is 89.1 Å². The van der Waals surface area contributed by atoms with Gasteiger partial charge in [0.2, 0.25) is 0 Å². The second-order valence-electron chi connectivity index (χ2n) is 8.54. The third-order valence-electron chi connectivity index (χ3n) is 5.45. The van der Waals surface area contributed by atoms with Crippen LogP contribution >= 0.6 is 11.6 Å². The van der Waals surface area contributed by atoms with Crippen LogP contribution in [-0.4, -0.2) is 39.0 Å². The fraction of sp³-hybridized carbons (Fsp3) is 0.185. The molecule has 0 aliphatic carbocycles. The van der Waals surface area contributed by atoms with E-state index in [0.717, 1.165) is 27.7 Å². The molecule has 0 spiro atoms. The number of aromatic nitrogens is 1. The number of anilines is 2. The van der Waals surface area contributed by atoms with Gasteiger partial charge in [0.05, 0.1) is 10.4 Å². The molecule has 37 heavy (non-hydrogen) atoms. The summed E-state index contributed by atoms with van der Waals surface area (Å²) in [4.78, 5) is 16.6. The number of carbonyl (C=O) groups is 1. The molecule has 4 aromatic rings. The zero-order valence-electron chi connectivity index (χ0n) is 20.4. The fourth-order valence-corrected chi connectivity index (χ4v) is 5.04. The van der Waals surface area contributed by atoms with E-state index < -0.39 is 10.0 Å². The Labute approximate surface area is 221 Å². The Balaban J connectivity index is 1.23. The number of rotatable bonds is 10. The van der Waals surface area contributed by atoms with Crippen LogP contribution in [0.4, 0.5) is 11.4 Å². The minimum absolute atomic E-state index is 0.0976. The highest BCUT2D eigenvalue weighted by molar-refractivity contribution is 7.92. The highest BCUT2D eigenvalue weighted by Crippen LogP contribution is 2.24. The molecule has 0 fully saturated rings. The Morgan fingerprint density at radius 1 is 0.946 bits per heavy atom. The average Bonchev–Trinajstić information content (AvgIpc) is 2.84. The van der Waals surface area contributed by atoms with Crippen molar-refractivity contribution in [3.63, 3.8) is 0 Å². The zero-order chi connectivity index (χ0) is 26.4. The van der Waals surface area contributed by atoms with E-state index in [-0.39, 0.29) is 17.4 Å². The number of benzene rings is 3. The maximum Gasteiger partial charge on any atom is 0.261 e. The first-order chi connectivity index (χ1) is 17.7. The molecule has 0 atom stereocenters. The molecule has 0 unspecified atom stereocenters. The zero-order valence-corrected chi connectivity index (χ0v) is 22.0.